The maximum Gasteiger partial charge on any atom is 0.416 e. The van der Waals surface area contributed by atoms with E-state index >= 15 is 0 Å². The summed E-state index contributed by atoms with van der Waals surface area (Å²) >= 11 is 0. The van der Waals surface area contributed by atoms with Crippen molar-refractivity contribution in [3.63, 3.8) is 0 Å². The van der Waals surface area contributed by atoms with E-state index in [2.05, 4.69) is 34.4 Å². The Hall–Kier alpha value is -4.12. The van der Waals surface area contributed by atoms with Crippen molar-refractivity contribution in [1.82, 2.24) is 9.88 Å². The number of urea groups is 1. The van der Waals surface area contributed by atoms with Crippen LogP contribution in [0.3, 0.4) is 0 Å². The van der Waals surface area contributed by atoms with E-state index in [1.807, 2.05) is 13.0 Å². The van der Waals surface area contributed by atoms with Crippen molar-refractivity contribution in [3.8, 4) is 0 Å². The van der Waals surface area contributed by atoms with Crippen molar-refractivity contribution in [2.45, 2.75) is 39.9 Å². The van der Waals surface area contributed by atoms with Crippen molar-refractivity contribution < 1.29 is 22.8 Å². The van der Waals surface area contributed by atoms with Crippen LogP contribution in [0.1, 0.15) is 47.3 Å². The summed E-state index contributed by atoms with van der Waals surface area (Å²) in [5.74, 6) is 0.0199. The summed E-state index contributed by atoms with van der Waals surface area (Å²) in [7, 11) is 1.70. The Bertz CT molecular complexity index is 1410. The Labute approximate surface area is 238 Å². The second-order valence-electron chi connectivity index (χ2n) is 9.97. The van der Waals surface area contributed by atoms with Crippen LogP contribution >= 0.6 is 0 Å². The number of amides is 3. The minimum absolute atomic E-state index is 0.117. The van der Waals surface area contributed by atoms with Crippen LogP contribution in [-0.4, -0.2) is 55.0 Å². The van der Waals surface area contributed by atoms with Gasteiger partial charge in [0.1, 0.15) is 5.82 Å². The highest BCUT2D eigenvalue weighted by molar-refractivity contribution is 6.08. The first-order valence-electron chi connectivity index (χ1n) is 13.6. The standard InChI is InChI=1S/C30H35F3N6O2/c1-5-38(6-2)14-8-13-34-27-17-26-22(18-35-27)19-39(29(41)37(26)4)25-16-24(12-11-20(25)3)36-28(40)21-9-7-10-23(15-21)30(31,32)33/h7,9-12,15-18H,5-6,8,13-14,19H2,1-4H3,(H,34,35)(H,36,40). The number of hydrogen-bond donors (Lipinski definition) is 2. The van der Waals surface area contributed by atoms with Gasteiger partial charge in [0.2, 0.25) is 0 Å². The number of benzene rings is 2. The van der Waals surface area contributed by atoms with Gasteiger partial charge in [0.25, 0.3) is 5.91 Å². The zero-order chi connectivity index (χ0) is 29.7. The Morgan fingerprint density at radius 3 is 2.54 bits per heavy atom. The fraction of sp³-hybridized carbons (Fsp3) is 0.367. The lowest BCUT2D eigenvalue weighted by atomic mass is 10.1. The van der Waals surface area contributed by atoms with Crippen molar-refractivity contribution in [3.05, 3.63) is 77.0 Å². The van der Waals surface area contributed by atoms with Crippen LogP contribution in [0.25, 0.3) is 0 Å². The molecule has 8 nitrogen and oxygen atoms in total. The minimum atomic E-state index is -4.55. The van der Waals surface area contributed by atoms with Crippen LogP contribution in [0.4, 0.5) is 40.8 Å². The molecule has 41 heavy (non-hydrogen) atoms. The summed E-state index contributed by atoms with van der Waals surface area (Å²) in [4.78, 5) is 36.3. The molecule has 2 heterocycles. The quantitative estimate of drug-likeness (QED) is 0.278. The Morgan fingerprint density at radius 1 is 1.07 bits per heavy atom. The van der Waals surface area contributed by atoms with E-state index in [1.54, 1.807) is 41.2 Å². The summed E-state index contributed by atoms with van der Waals surface area (Å²) in [6, 6.07) is 10.9. The van der Waals surface area contributed by atoms with E-state index in [1.165, 1.54) is 12.1 Å². The van der Waals surface area contributed by atoms with Gasteiger partial charge in [-0.3, -0.25) is 14.6 Å². The molecule has 0 aliphatic carbocycles. The molecule has 2 N–H and O–H groups in total. The van der Waals surface area contributed by atoms with Crippen LogP contribution in [0.5, 0.6) is 0 Å². The molecule has 0 fully saturated rings. The van der Waals surface area contributed by atoms with Gasteiger partial charge in [0.05, 0.1) is 23.5 Å². The number of aromatic nitrogens is 1. The molecule has 0 spiro atoms. The SMILES string of the molecule is CCN(CC)CCCNc1cc2c(cn1)CN(c1cc(NC(=O)c3cccc(C(F)(F)F)c3)ccc1C)C(=O)N2C. The molecule has 0 radical (unpaired) electrons. The van der Waals surface area contributed by atoms with Crippen LogP contribution in [-0.2, 0) is 12.7 Å². The van der Waals surface area contributed by atoms with E-state index in [9.17, 15) is 22.8 Å². The number of nitrogens with one attached hydrogen (secondary N) is 2. The smallest absolute Gasteiger partial charge is 0.370 e. The molecule has 0 saturated carbocycles. The van der Waals surface area contributed by atoms with E-state index in [0.717, 1.165) is 61.5 Å². The average Bonchev–Trinajstić information content (AvgIpc) is 2.96. The van der Waals surface area contributed by atoms with E-state index < -0.39 is 17.6 Å². The van der Waals surface area contributed by atoms with Crippen molar-refractivity contribution in [2.24, 2.45) is 0 Å². The summed E-state index contributed by atoms with van der Waals surface area (Å²) < 4.78 is 39.3. The highest BCUT2D eigenvalue weighted by atomic mass is 19.4. The lowest BCUT2D eigenvalue weighted by Crippen LogP contribution is -2.45. The zero-order valence-electron chi connectivity index (χ0n) is 23.7. The lowest BCUT2D eigenvalue weighted by Gasteiger charge is -2.36. The summed E-state index contributed by atoms with van der Waals surface area (Å²) in [6.45, 7) is 10.2. The van der Waals surface area contributed by atoms with Gasteiger partial charge >= 0.3 is 12.2 Å². The molecule has 0 bridgehead atoms. The predicted molar refractivity (Wildman–Crippen MR) is 156 cm³/mol. The number of anilines is 4. The van der Waals surface area contributed by atoms with Gasteiger partial charge in [-0.25, -0.2) is 9.78 Å². The Balaban J connectivity index is 1.48. The molecule has 4 rings (SSSR count). The van der Waals surface area contributed by atoms with Crippen LogP contribution in [0.2, 0.25) is 0 Å². The lowest BCUT2D eigenvalue weighted by molar-refractivity contribution is -0.137. The third-order valence-corrected chi connectivity index (χ3v) is 7.23. The number of carbonyl (C=O) groups excluding carboxylic acids is 2. The largest absolute Gasteiger partial charge is 0.416 e. The third-order valence-electron chi connectivity index (χ3n) is 7.23. The normalized spacial score (nSPS) is 13.4. The van der Waals surface area contributed by atoms with Gasteiger partial charge in [-0.2, -0.15) is 13.2 Å². The molecule has 0 saturated heterocycles. The topological polar surface area (TPSA) is 80.8 Å². The maximum absolute atomic E-state index is 13.5. The molecule has 1 aromatic heterocycles. The van der Waals surface area contributed by atoms with Crippen LogP contribution in [0.15, 0.2) is 54.7 Å². The minimum Gasteiger partial charge on any atom is -0.370 e. The molecule has 0 unspecified atom stereocenters. The number of pyridine rings is 1. The first kappa shape index (κ1) is 29.9. The molecular formula is C30H35F3N6O2. The second kappa shape index (κ2) is 12.6. The monoisotopic (exact) mass is 568 g/mol. The van der Waals surface area contributed by atoms with E-state index in [4.69, 9.17) is 0 Å². The number of halogens is 3. The van der Waals surface area contributed by atoms with Crippen molar-refractivity contribution in [2.75, 3.05) is 53.7 Å². The van der Waals surface area contributed by atoms with Gasteiger partial charge in [-0.15, -0.1) is 0 Å². The van der Waals surface area contributed by atoms with E-state index in [0.29, 0.717) is 17.2 Å². The second-order valence-corrected chi connectivity index (χ2v) is 9.97. The number of hydrogen-bond acceptors (Lipinski definition) is 5. The number of carbonyl (C=O) groups is 2. The van der Waals surface area contributed by atoms with Crippen LogP contribution < -0.4 is 20.4 Å². The van der Waals surface area contributed by atoms with Gasteiger partial charge < -0.3 is 15.5 Å². The zero-order valence-corrected chi connectivity index (χ0v) is 23.7. The average molecular weight is 569 g/mol. The fourth-order valence-corrected chi connectivity index (χ4v) is 4.79. The first-order chi connectivity index (χ1) is 19.5. The van der Waals surface area contributed by atoms with E-state index in [-0.39, 0.29) is 18.1 Å². The maximum atomic E-state index is 13.5. The molecule has 11 heteroatoms. The van der Waals surface area contributed by atoms with Gasteiger partial charge in [0, 0.05) is 42.7 Å². The van der Waals surface area contributed by atoms with Crippen molar-refractivity contribution >= 4 is 34.8 Å². The van der Waals surface area contributed by atoms with Gasteiger partial charge in [0.15, 0.2) is 0 Å². The number of nitrogens with zero attached hydrogens (tertiary/aromatic N) is 4. The Morgan fingerprint density at radius 2 is 1.83 bits per heavy atom. The third kappa shape index (κ3) is 6.97. The summed E-state index contributed by atoms with van der Waals surface area (Å²) in [5.41, 5.74) is 2.34. The first-order valence-corrected chi connectivity index (χ1v) is 13.6. The molecule has 3 amide bonds. The number of aryl methyl sites for hydroxylation is 1. The molecular weight excluding hydrogens is 533 g/mol. The predicted octanol–water partition coefficient (Wildman–Crippen LogP) is 6.38. The number of alkyl halides is 3. The van der Waals surface area contributed by atoms with Crippen molar-refractivity contribution in [1.29, 1.82) is 0 Å². The van der Waals surface area contributed by atoms with Gasteiger partial charge in [-0.1, -0.05) is 26.0 Å². The number of fused-ring (bicyclic) bond motifs is 1. The molecule has 0 atom stereocenters. The molecule has 3 aromatic rings. The highest BCUT2D eigenvalue weighted by Crippen LogP contribution is 2.35. The number of rotatable bonds is 10. The molecule has 1 aliphatic heterocycles. The summed E-state index contributed by atoms with van der Waals surface area (Å²) in [6.07, 6.45) is -1.82. The molecule has 218 valence electrons. The molecule has 1 aliphatic rings. The van der Waals surface area contributed by atoms with Crippen LogP contribution in [0, 0.1) is 6.92 Å². The highest BCUT2D eigenvalue weighted by Gasteiger charge is 2.32. The summed E-state index contributed by atoms with van der Waals surface area (Å²) in [5, 5.41) is 6.00. The fourth-order valence-electron chi connectivity index (χ4n) is 4.79. The Kier molecular flexibility index (Phi) is 9.17. The molecule has 2 aromatic carbocycles. The van der Waals surface area contributed by atoms with Gasteiger partial charge in [-0.05, 0) is 68.9 Å².